The molecule has 0 unspecified atom stereocenters. The monoisotopic (exact) mass is 476 g/mol. The topological polar surface area (TPSA) is 52.6 Å². The summed E-state index contributed by atoms with van der Waals surface area (Å²) in [6, 6.07) is 33.8. The van der Waals surface area contributed by atoms with Gasteiger partial charge in [-0.05, 0) is 65.4 Å². The standard InChI is InChI=1S/C32H28O4/c1-3-35-31(33)28-20-15-23(22-30(28)32(34)36-4-2)21-29(26-13-9-6-10-14-26)27-18-16-25(17-19-27)24-11-7-5-8-12-24/h5-22H,3-4H2,1-2H3. The second kappa shape index (κ2) is 11.8. The molecule has 180 valence electrons. The van der Waals surface area contributed by atoms with E-state index in [1.54, 1.807) is 26.0 Å². The molecule has 0 atom stereocenters. The third-order valence-corrected chi connectivity index (χ3v) is 5.73. The van der Waals surface area contributed by atoms with Crippen molar-refractivity contribution in [2.24, 2.45) is 0 Å². The van der Waals surface area contributed by atoms with E-state index in [9.17, 15) is 9.59 Å². The van der Waals surface area contributed by atoms with Gasteiger partial charge in [0.1, 0.15) is 0 Å². The van der Waals surface area contributed by atoms with Crippen molar-refractivity contribution in [3.05, 3.63) is 131 Å². The second-order valence-corrected chi connectivity index (χ2v) is 8.11. The molecule has 0 radical (unpaired) electrons. The Labute approximate surface area is 211 Å². The van der Waals surface area contributed by atoms with Gasteiger partial charge in [0.2, 0.25) is 0 Å². The number of hydrogen-bond donors (Lipinski definition) is 0. The van der Waals surface area contributed by atoms with Crippen LogP contribution in [0.4, 0.5) is 0 Å². The van der Waals surface area contributed by atoms with Crippen LogP contribution in [0, 0.1) is 0 Å². The number of ether oxygens (including phenoxy) is 2. The number of benzene rings is 4. The number of esters is 2. The van der Waals surface area contributed by atoms with Crippen LogP contribution in [0.5, 0.6) is 0 Å². The molecular weight excluding hydrogens is 448 g/mol. The second-order valence-electron chi connectivity index (χ2n) is 8.11. The van der Waals surface area contributed by atoms with Gasteiger partial charge >= 0.3 is 11.9 Å². The lowest BCUT2D eigenvalue weighted by atomic mass is 9.93. The summed E-state index contributed by atoms with van der Waals surface area (Å²) < 4.78 is 10.4. The van der Waals surface area contributed by atoms with Crippen LogP contribution in [-0.2, 0) is 9.47 Å². The molecule has 36 heavy (non-hydrogen) atoms. The first-order valence-electron chi connectivity index (χ1n) is 12.0. The van der Waals surface area contributed by atoms with Gasteiger partial charge in [0, 0.05) is 0 Å². The molecule has 0 heterocycles. The maximum atomic E-state index is 12.7. The van der Waals surface area contributed by atoms with Crippen LogP contribution in [0.2, 0.25) is 0 Å². The summed E-state index contributed by atoms with van der Waals surface area (Å²) in [5.74, 6) is -1.10. The third kappa shape index (κ3) is 5.78. The lowest BCUT2D eigenvalue weighted by Crippen LogP contribution is -2.14. The number of carbonyl (C=O) groups is 2. The van der Waals surface area contributed by atoms with E-state index < -0.39 is 11.9 Å². The van der Waals surface area contributed by atoms with Crippen molar-refractivity contribution < 1.29 is 19.1 Å². The van der Waals surface area contributed by atoms with E-state index >= 15 is 0 Å². The molecule has 0 aliphatic rings. The minimum atomic E-state index is -0.552. The molecule has 0 aliphatic heterocycles. The largest absolute Gasteiger partial charge is 0.462 e. The smallest absolute Gasteiger partial charge is 0.339 e. The van der Waals surface area contributed by atoms with Crippen LogP contribution < -0.4 is 0 Å². The first kappa shape index (κ1) is 24.7. The Bertz CT molecular complexity index is 1350. The Hall–Kier alpha value is -4.44. The Kier molecular flexibility index (Phi) is 8.09. The molecule has 0 aromatic heterocycles. The lowest BCUT2D eigenvalue weighted by Gasteiger charge is -2.12. The zero-order valence-corrected chi connectivity index (χ0v) is 20.4. The summed E-state index contributed by atoms with van der Waals surface area (Å²) in [6.07, 6.45) is 2.02. The summed E-state index contributed by atoms with van der Waals surface area (Å²) in [6.45, 7) is 3.90. The zero-order valence-electron chi connectivity index (χ0n) is 20.4. The lowest BCUT2D eigenvalue weighted by molar-refractivity contribution is 0.0479. The fourth-order valence-electron chi connectivity index (χ4n) is 4.01. The highest BCUT2D eigenvalue weighted by Gasteiger charge is 2.20. The predicted molar refractivity (Wildman–Crippen MR) is 144 cm³/mol. The van der Waals surface area contributed by atoms with E-state index in [0.29, 0.717) is 0 Å². The number of rotatable bonds is 8. The molecule has 0 bridgehead atoms. The molecule has 0 amide bonds. The van der Waals surface area contributed by atoms with Crippen molar-refractivity contribution in [1.29, 1.82) is 0 Å². The van der Waals surface area contributed by atoms with Crippen LogP contribution >= 0.6 is 0 Å². The van der Waals surface area contributed by atoms with Gasteiger partial charge in [0.05, 0.1) is 24.3 Å². The van der Waals surface area contributed by atoms with Crippen molar-refractivity contribution in [1.82, 2.24) is 0 Å². The first-order valence-corrected chi connectivity index (χ1v) is 12.0. The maximum absolute atomic E-state index is 12.7. The third-order valence-electron chi connectivity index (χ3n) is 5.73. The van der Waals surface area contributed by atoms with E-state index in [-0.39, 0.29) is 24.3 Å². The molecule has 4 rings (SSSR count). The fourth-order valence-corrected chi connectivity index (χ4v) is 4.01. The van der Waals surface area contributed by atoms with E-state index in [2.05, 4.69) is 48.5 Å². The molecule has 4 nitrogen and oxygen atoms in total. The Balaban J connectivity index is 1.79. The van der Waals surface area contributed by atoms with Crippen LogP contribution in [-0.4, -0.2) is 25.2 Å². The summed E-state index contributed by atoms with van der Waals surface area (Å²) in [5.41, 5.74) is 6.52. The minimum Gasteiger partial charge on any atom is -0.462 e. The predicted octanol–water partition coefficient (Wildman–Crippen LogP) is 7.30. The van der Waals surface area contributed by atoms with Gasteiger partial charge in [-0.1, -0.05) is 91.0 Å². The van der Waals surface area contributed by atoms with Crippen LogP contribution in [0.1, 0.15) is 51.3 Å². The first-order chi connectivity index (χ1) is 17.6. The van der Waals surface area contributed by atoms with E-state index in [1.165, 1.54) is 0 Å². The molecule has 4 heteroatoms. The van der Waals surface area contributed by atoms with Crippen molar-refractivity contribution >= 4 is 23.6 Å². The maximum Gasteiger partial charge on any atom is 0.339 e. The molecule has 0 saturated carbocycles. The average Bonchev–Trinajstić information content (AvgIpc) is 2.93. The van der Waals surface area contributed by atoms with E-state index in [1.807, 2.05) is 48.5 Å². The Morgan fingerprint density at radius 3 is 1.75 bits per heavy atom. The minimum absolute atomic E-state index is 0.191. The van der Waals surface area contributed by atoms with Crippen molar-refractivity contribution in [2.75, 3.05) is 13.2 Å². The van der Waals surface area contributed by atoms with Crippen LogP contribution in [0.15, 0.2) is 103 Å². The normalized spacial score (nSPS) is 11.1. The average molecular weight is 477 g/mol. The van der Waals surface area contributed by atoms with E-state index in [0.717, 1.165) is 33.4 Å². The van der Waals surface area contributed by atoms with Crippen LogP contribution in [0.25, 0.3) is 22.8 Å². The molecule has 0 saturated heterocycles. The summed E-state index contributed by atoms with van der Waals surface area (Å²) in [7, 11) is 0. The highest BCUT2D eigenvalue weighted by Crippen LogP contribution is 2.29. The number of hydrogen-bond acceptors (Lipinski definition) is 4. The molecule has 4 aromatic carbocycles. The molecule has 0 N–H and O–H groups in total. The molecule has 4 aromatic rings. The molecule has 0 spiro atoms. The fraction of sp³-hybridized carbons (Fsp3) is 0.125. The van der Waals surface area contributed by atoms with Gasteiger partial charge < -0.3 is 9.47 Å². The molecule has 0 fully saturated rings. The van der Waals surface area contributed by atoms with E-state index in [4.69, 9.17) is 9.47 Å². The van der Waals surface area contributed by atoms with Crippen LogP contribution in [0.3, 0.4) is 0 Å². The summed E-state index contributed by atoms with van der Waals surface area (Å²) in [5, 5.41) is 0. The number of carbonyl (C=O) groups excluding carboxylic acids is 2. The molecular formula is C32H28O4. The van der Waals surface area contributed by atoms with Gasteiger partial charge in [0.25, 0.3) is 0 Å². The highest BCUT2D eigenvalue weighted by atomic mass is 16.5. The Morgan fingerprint density at radius 2 is 1.14 bits per heavy atom. The highest BCUT2D eigenvalue weighted by molar-refractivity contribution is 6.04. The molecule has 0 aliphatic carbocycles. The van der Waals surface area contributed by atoms with Gasteiger partial charge in [0.15, 0.2) is 0 Å². The quantitative estimate of drug-likeness (QED) is 0.198. The van der Waals surface area contributed by atoms with Gasteiger partial charge in [-0.2, -0.15) is 0 Å². The SMILES string of the molecule is CCOC(=O)c1ccc(C=C(c2ccccc2)c2ccc(-c3ccccc3)cc2)cc1C(=O)OCC. The zero-order chi connectivity index (χ0) is 25.3. The van der Waals surface area contributed by atoms with Gasteiger partial charge in [-0.3, -0.25) is 0 Å². The van der Waals surface area contributed by atoms with Crippen molar-refractivity contribution in [3.63, 3.8) is 0 Å². The summed E-state index contributed by atoms with van der Waals surface area (Å²) in [4.78, 5) is 25.1. The van der Waals surface area contributed by atoms with Crippen molar-refractivity contribution in [2.45, 2.75) is 13.8 Å². The Morgan fingerprint density at radius 1 is 0.611 bits per heavy atom. The van der Waals surface area contributed by atoms with Gasteiger partial charge in [-0.25, -0.2) is 9.59 Å². The van der Waals surface area contributed by atoms with Gasteiger partial charge in [-0.15, -0.1) is 0 Å². The van der Waals surface area contributed by atoms with Crippen molar-refractivity contribution in [3.8, 4) is 11.1 Å². The summed E-state index contributed by atoms with van der Waals surface area (Å²) >= 11 is 0.